The summed E-state index contributed by atoms with van der Waals surface area (Å²) in [7, 11) is 0. The third-order valence-corrected chi connectivity index (χ3v) is 8.12. The zero-order valence-electron chi connectivity index (χ0n) is 23.5. The average molecular weight is 544 g/mol. The van der Waals surface area contributed by atoms with Crippen molar-refractivity contribution in [2.24, 2.45) is 11.8 Å². The van der Waals surface area contributed by atoms with Crippen molar-refractivity contribution in [2.75, 3.05) is 36.5 Å². The summed E-state index contributed by atoms with van der Waals surface area (Å²) in [6.45, 7) is 5.29. The summed E-state index contributed by atoms with van der Waals surface area (Å²) in [5.41, 5.74) is 2.43. The fourth-order valence-corrected chi connectivity index (χ4v) is 5.80. The summed E-state index contributed by atoms with van der Waals surface area (Å²) in [6, 6.07) is 25.1. The Morgan fingerprint density at radius 2 is 1.50 bits per heavy atom. The van der Waals surface area contributed by atoms with E-state index in [9.17, 15) is 19.8 Å². The van der Waals surface area contributed by atoms with E-state index in [0.29, 0.717) is 24.3 Å². The molecule has 3 aromatic rings. The number of aliphatic hydroxyl groups excluding tert-OH is 1. The Bertz CT molecular complexity index is 1210. The van der Waals surface area contributed by atoms with Crippen molar-refractivity contribution in [1.82, 2.24) is 5.32 Å². The second-order valence-electron chi connectivity index (χ2n) is 10.5. The fourth-order valence-electron chi connectivity index (χ4n) is 5.80. The van der Waals surface area contributed by atoms with E-state index in [1.165, 1.54) is 0 Å². The summed E-state index contributed by atoms with van der Waals surface area (Å²) >= 11 is 0. The quantitative estimate of drug-likeness (QED) is 0.275. The van der Waals surface area contributed by atoms with Crippen LogP contribution in [0.25, 0.3) is 0 Å². The molecule has 0 saturated carbocycles. The van der Waals surface area contributed by atoms with Crippen molar-refractivity contribution in [1.29, 1.82) is 0 Å². The molecular weight excluding hydrogens is 502 g/mol. The smallest absolute Gasteiger partial charge is 0.253 e. The number of rotatable bonds is 11. The van der Waals surface area contributed by atoms with Gasteiger partial charge in [-0.15, -0.1) is 0 Å². The molecule has 40 heavy (non-hydrogen) atoms. The van der Waals surface area contributed by atoms with Crippen LogP contribution in [0.15, 0.2) is 78.9 Å². The second kappa shape index (κ2) is 13.6. The first-order valence-electron chi connectivity index (χ1n) is 14.3. The third kappa shape index (κ3) is 6.37. The first kappa shape index (κ1) is 29.3. The van der Waals surface area contributed by atoms with Crippen LogP contribution < -0.4 is 15.5 Å². The molecule has 1 saturated heterocycles. The highest BCUT2D eigenvalue weighted by Gasteiger charge is 2.41. The van der Waals surface area contributed by atoms with Gasteiger partial charge in [0.05, 0.1) is 12.2 Å². The monoisotopic (exact) mass is 543 g/mol. The Morgan fingerprint density at radius 1 is 0.925 bits per heavy atom. The SMILES string of the molecule is CCC(CC)C(=O)Nc1ccc(N2CCC(C(O)(c3ccccc3)c3ccccc3)CC2)c(C(=O)NCCO)c1. The maximum absolute atomic E-state index is 13.1. The van der Waals surface area contributed by atoms with E-state index in [4.69, 9.17) is 0 Å². The predicted molar refractivity (Wildman–Crippen MR) is 159 cm³/mol. The Labute approximate surface area is 237 Å². The van der Waals surface area contributed by atoms with Crippen LogP contribution >= 0.6 is 0 Å². The van der Waals surface area contributed by atoms with E-state index in [-0.39, 0.29) is 36.8 Å². The molecule has 7 heteroatoms. The summed E-state index contributed by atoms with van der Waals surface area (Å²) in [5, 5.41) is 27.2. The van der Waals surface area contributed by atoms with Crippen LogP contribution in [-0.2, 0) is 10.4 Å². The molecule has 1 fully saturated rings. The number of aliphatic hydroxyl groups is 2. The molecule has 0 aromatic heterocycles. The molecule has 4 N–H and O–H groups in total. The van der Waals surface area contributed by atoms with Gasteiger partial charge in [-0.25, -0.2) is 0 Å². The van der Waals surface area contributed by atoms with Crippen molar-refractivity contribution in [2.45, 2.75) is 45.1 Å². The molecule has 3 aromatic carbocycles. The molecule has 2 amide bonds. The summed E-state index contributed by atoms with van der Waals surface area (Å²) in [4.78, 5) is 28.0. The zero-order chi connectivity index (χ0) is 28.5. The van der Waals surface area contributed by atoms with Gasteiger partial charge in [0.1, 0.15) is 5.60 Å². The van der Waals surface area contributed by atoms with Crippen LogP contribution in [0.1, 0.15) is 61.0 Å². The largest absolute Gasteiger partial charge is 0.395 e. The van der Waals surface area contributed by atoms with E-state index in [2.05, 4.69) is 15.5 Å². The Kier molecular flexibility index (Phi) is 9.96. The average Bonchev–Trinajstić information content (AvgIpc) is 3.01. The number of carbonyl (C=O) groups is 2. The van der Waals surface area contributed by atoms with Crippen molar-refractivity contribution < 1.29 is 19.8 Å². The molecule has 1 heterocycles. The Morgan fingerprint density at radius 3 is 2.02 bits per heavy atom. The minimum absolute atomic E-state index is 0.0150. The lowest BCUT2D eigenvalue weighted by Gasteiger charge is -2.43. The number of carbonyl (C=O) groups excluding carboxylic acids is 2. The number of amides is 2. The standard InChI is InChI=1S/C33H41N3O4/c1-3-24(4-2)31(38)35-28-15-16-30(29(23-28)32(39)34-19-22-37)36-20-17-27(18-21-36)33(40,25-11-7-5-8-12-25)26-13-9-6-10-14-26/h5-16,23-24,27,37,40H,3-4,17-22H2,1-2H3,(H,34,39)(H,35,38). The molecular formula is C33H41N3O4. The second-order valence-corrected chi connectivity index (χ2v) is 10.5. The molecule has 0 bridgehead atoms. The lowest BCUT2D eigenvalue weighted by atomic mass is 9.72. The van der Waals surface area contributed by atoms with Gasteiger partial charge in [0, 0.05) is 36.9 Å². The van der Waals surface area contributed by atoms with Crippen molar-refractivity contribution in [3.63, 3.8) is 0 Å². The molecule has 0 unspecified atom stereocenters. The van der Waals surface area contributed by atoms with Gasteiger partial charge in [-0.3, -0.25) is 9.59 Å². The van der Waals surface area contributed by atoms with E-state index >= 15 is 0 Å². The number of piperidine rings is 1. The third-order valence-electron chi connectivity index (χ3n) is 8.12. The molecule has 0 aliphatic carbocycles. The maximum Gasteiger partial charge on any atom is 0.253 e. The topological polar surface area (TPSA) is 102 Å². The van der Waals surface area contributed by atoms with Crippen LogP contribution in [0.4, 0.5) is 11.4 Å². The number of hydrogen-bond acceptors (Lipinski definition) is 5. The molecule has 1 aliphatic heterocycles. The Balaban J connectivity index is 1.59. The molecule has 7 nitrogen and oxygen atoms in total. The number of nitrogens with zero attached hydrogens (tertiary/aromatic N) is 1. The number of hydrogen-bond donors (Lipinski definition) is 4. The minimum atomic E-state index is -1.13. The van der Waals surface area contributed by atoms with Crippen molar-refractivity contribution in [3.05, 3.63) is 95.6 Å². The van der Waals surface area contributed by atoms with Gasteiger partial charge < -0.3 is 25.7 Å². The van der Waals surface area contributed by atoms with Crippen molar-refractivity contribution in [3.8, 4) is 0 Å². The molecule has 0 spiro atoms. The maximum atomic E-state index is 13.1. The van der Waals surface area contributed by atoms with Gasteiger partial charge in [0.15, 0.2) is 0 Å². The van der Waals surface area contributed by atoms with Gasteiger partial charge in [-0.2, -0.15) is 0 Å². The van der Waals surface area contributed by atoms with E-state index in [1.807, 2.05) is 86.6 Å². The lowest BCUT2D eigenvalue weighted by molar-refractivity contribution is -0.120. The zero-order valence-corrected chi connectivity index (χ0v) is 23.5. The highest BCUT2D eigenvalue weighted by molar-refractivity contribution is 6.02. The van der Waals surface area contributed by atoms with Gasteiger partial charge in [-0.1, -0.05) is 74.5 Å². The van der Waals surface area contributed by atoms with Gasteiger partial charge in [-0.05, 0) is 60.9 Å². The first-order chi connectivity index (χ1) is 19.4. The van der Waals surface area contributed by atoms with E-state index in [1.54, 1.807) is 6.07 Å². The summed E-state index contributed by atoms with van der Waals surface area (Å²) in [6.07, 6.45) is 2.95. The lowest BCUT2D eigenvalue weighted by Crippen LogP contribution is -2.44. The van der Waals surface area contributed by atoms with Crippen LogP contribution in [-0.4, -0.2) is 48.3 Å². The van der Waals surface area contributed by atoms with Crippen LogP contribution in [0, 0.1) is 11.8 Å². The van der Waals surface area contributed by atoms with Crippen molar-refractivity contribution >= 4 is 23.2 Å². The minimum Gasteiger partial charge on any atom is -0.395 e. The molecule has 0 atom stereocenters. The molecule has 1 aliphatic rings. The number of benzene rings is 3. The number of anilines is 2. The van der Waals surface area contributed by atoms with Crippen LogP contribution in [0.5, 0.6) is 0 Å². The highest BCUT2D eigenvalue weighted by Crippen LogP contribution is 2.43. The molecule has 4 rings (SSSR count). The van der Waals surface area contributed by atoms with Gasteiger partial charge >= 0.3 is 0 Å². The summed E-state index contributed by atoms with van der Waals surface area (Å²) in [5.74, 6) is -0.451. The fraction of sp³-hybridized carbons (Fsp3) is 0.394. The van der Waals surface area contributed by atoms with Crippen LogP contribution in [0.2, 0.25) is 0 Å². The Hall–Kier alpha value is -3.68. The summed E-state index contributed by atoms with van der Waals surface area (Å²) < 4.78 is 0. The molecule has 212 valence electrons. The van der Waals surface area contributed by atoms with Gasteiger partial charge in [0.2, 0.25) is 5.91 Å². The number of nitrogens with one attached hydrogen (secondary N) is 2. The molecule has 0 radical (unpaired) electrons. The highest BCUT2D eigenvalue weighted by atomic mass is 16.3. The van der Waals surface area contributed by atoms with Crippen LogP contribution in [0.3, 0.4) is 0 Å². The predicted octanol–water partition coefficient (Wildman–Crippen LogP) is 4.94. The first-order valence-corrected chi connectivity index (χ1v) is 14.3. The van der Waals surface area contributed by atoms with E-state index < -0.39 is 5.60 Å². The van der Waals surface area contributed by atoms with Gasteiger partial charge in [0.25, 0.3) is 5.91 Å². The normalized spacial score (nSPS) is 14.3. The van der Waals surface area contributed by atoms with E-state index in [0.717, 1.165) is 42.5 Å².